The van der Waals surface area contributed by atoms with Gasteiger partial charge in [0.25, 0.3) is 0 Å². The molecule has 0 radical (unpaired) electrons. The van der Waals surface area contributed by atoms with Crippen LogP contribution in [0.2, 0.25) is 0 Å². The van der Waals surface area contributed by atoms with Gasteiger partial charge in [0.1, 0.15) is 5.82 Å². The maximum absolute atomic E-state index is 13.6. The van der Waals surface area contributed by atoms with E-state index in [1.807, 2.05) is 31.2 Å². The van der Waals surface area contributed by atoms with E-state index in [0.29, 0.717) is 17.8 Å². The molecule has 0 atom stereocenters. The number of anilines is 1. The minimum absolute atomic E-state index is 0.327. The summed E-state index contributed by atoms with van der Waals surface area (Å²) in [5, 5.41) is 11.7. The summed E-state index contributed by atoms with van der Waals surface area (Å²) >= 11 is 0. The molecule has 2 nitrogen and oxygen atoms in total. The molecule has 0 unspecified atom stereocenters. The minimum atomic E-state index is -0.401. The summed E-state index contributed by atoms with van der Waals surface area (Å²) in [4.78, 5) is 0. The van der Waals surface area contributed by atoms with Crippen molar-refractivity contribution in [1.29, 1.82) is 5.26 Å². The predicted molar refractivity (Wildman–Crippen MR) is 69.6 cm³/mol. The van der Waals surface area contributed by atoms with Gasteiger partial charge in [-0.15, -0.1) is 0 Å². The Kier molecular flexibility index (Phi) is 3.59. The molecule has 2 aromatic carbocycles. The normalized spacial score (nSPS) is 9.83. The Morgan fingerprint density at radius 2 is 2.06 bits per heavy atom. The van der Waals surface area contributed by atoms with Crippen LogP contribution in [0.5, 0.6) is 0 Å². The Morgan fingerprint density at radius 1 is 1.22 bits per heavy atom. The van der Waals surface area contributed by atoms with Gasteiger partial charge in [-0.3, -0.25) is 0 Å². The van der Waals surface area contributed by atoms with Crippen molar-refractivity contribution in [2.24, 2.45) is 0 Å². The molecule has 0 bridgehead atoms. The van der Waals surface area contributed by atoms with Gasteiger partial charge in [-0.25, -0.2) is 4.39 Å². The van der Waals surface area contributed by atoms with Crippen molar-refractivity contribution in [2.75, 3.05) is 5.32 Å². The monoisotopic (exact) mass is 240 g/mol. The molecule has 0 aliphatic carbocycles. The molecule has 0 aliphatic heterocycles. The number of hydrogen-bond donors (Lipinski definition) is 1. The topological polar surface area (TPSA) is 35.8 Å². The van der Waals surface area contributed by atoms with Crippen LogP contribution < -0.4 is 5.32 Å². The molecule has 3 heteroatoms. The second kappa shape index (κ2) is 5.33. The highest BCUT2D eigenvalue weighted by Gasteiger charge is 2.03. The van der Waals surface area contributed by atoms with Gasteiger partial charge < -0.3 is 5.32 Å². The van der Waals surface area contributed by atoms with E-state index in [2.05, 4.69) is 11.4 Å². The van der Waals surface area contributed by atoms with Crippen LogP contribution in [0.4, 0.5) is 10.1 Å². The van der Waals surface area contributed by atoms with Crippen molar-refractivity contribution in [2.45, 2.75) is 13.5 Å². The Bertz CT molecular complexity index is 600. The molecule has 2 rings (SSSR count). The van der Waals surface area contributed by atoms with Gasteiger partial charge in [0, 0.05) is 6.54 Å². The fourth-order valence-corrected chi connectivity index (χ4v) is 1.75. The summed E-state index contributed by atoms with van der Waals surface area (Å²) < 4.78 is 13.6. The number of nitriles is 1. The highest BCUT2D eigenvalue weighted by Crippen LogP contribution is 2.16. The van der Waals surface area contributed by atoms with Gasteiger partial charge in [-0.05, 0) is 30.7 Å². The van der Waals surface area contributed by atoms with Crippen LogP contribution >= 0.6 is 0 Å². The molecule has 0 spiro atoms. The van der Waals surface area contributed by atoms with E-state index in [-0.39, 0.29) is 0 Å². The number of rotatable bonds is 3. The van der Waals surface area contributed by atoms with E-state index >= 15 is 0 Å². The molecule has 2 aromatic rings. The van der Waals surface area contributed by atoms with Gasteiger partial charge in [-0.2, -0.15) is 5.26 Å². The minimum Gasteiger partial charge on any atom is -0.379 e. The van der Waals surface area contributed by atoms with Crippen molar-refractivity contribution in [3.05, 3.63) is 65.0 Å². The molecular formula is C15H13FN2. The lowest BCUT2D eigenvalue weighted by atomic mass is 10.1. The van der Waals surface area contributed by atoms with Crippen LogP contribution in [0.3, 0.4) is 0 Å². The Labute approximate surface area is 106 Å². The van der Waals surface area contributed by atoms with Crippen molar-refractivity contribution >= 4 is 5.69 Å². The first-order valence-electron chi connectivity index (χ1n) is 5.68. The largest absolute Gasteiger partial charge is 0.379 e. The second-order valence-corrected chi connectivity index (χ2v) is 4.15. The van der Waals surface area contributed by atoms with Crippen LogP contribution in [-0.4, -0.2) is 0 Å². The lowest BCUT2D eigenvalue weighted by molar-refractivity contribution is 0.629. The Balaban J connectivity index is 2.09. The van der Waals surface area contributed by atoms with E-state index in [9.17, 15) is 4.39 Å². The molecule has 0 aliphatic rings. The molecule has 0 saturated heterocycles. The van der Waals surface area contributed by atoms with E-state index in [0.717, 1.165) is 5.56 Å². The zero-order chi connectivity index (χ0) is 13.0. The molecule has 90 valence electrons. The Hall–Kier alpha value is -2.34. The first kappa shape index (κ1) is 12.1. The second-order valence-electron chi connectivity index (χ2n) is 4.15. The molecule has 0 fully saturated rings. The van der Waals surface area contributed by atoms with E-state index in [1.54, 1.807) is 12.1 Å². The lowest BCUT2D eigenvalue weighted by Gasteiger charge is -2.08. The lowest BCUT2D eigenvalue weighted by Crippen LogP contribution is -2.01. The summed E-state index contributed by atoms with van der Waals surface area (Å²) in [5.74, 6) is -0.401. The van der Waals surface area contributed by atoms with Gasteiger partial charge in [-0.1, -0.05) is 29.8 Å². The van der Waals surface area contributed by atoms with Crippen molar-refractivity contribution in [3.8, 4) is 6.07 Å². The molecule has 0 heterocycles. The van der Waals surface area contributed by atoms with Gasteiger partial charge >= 0.3 is 0 Å². The zero-order valence-electron chi connectivity index (χ0n) is 10.1. The van der Waals surface area contributed by atoms with Crippen molar-refractivity contribution in [1.82, 2.24) is 0 Å². The number of nitrogens with one attached hydrogen (secondary N) is 1. The molecule has 0 saturated carbocycles. The molecular weight excluding hydrogens is 227 g/mol. The molecule has 18 heavy (non-hydrogen) atoms. The SMILES string of the molecule is Cc1cccc(CNc2ccc(C#N)cc2F)c1. The number of aryl methyl sites for hydroxylation is 1. The molecule has 0 aromatic heterocycles. The summed E-state index contributed by atoms with van der Waals surface area (Å²) in [6, 6.07) is 14.4. The van der Waals surface area contributed by atoms with Crippen LogP contribution in [0, 0.1) is 24.1 Å². The highest BCUT2D eigenvalue weighted by atomic mass is 19.1. The number of halogens is 1. The van der Waals surface area contributed by atoms with Crippen molar-refractivity contribution in [3.63, 3.8) is 0 Å². The number of benzene rings is 2. The first-order chi connectivity index (χ1) is 8.69. The fraction of sp³-hybridized carbons (Fsp3) is 0.133. The van der Waals surface area contributed by atoms with Gasteiger partial charge in [0.15, 0.2) is 0 Å². The zero-order valence-corrected chi connectivity index (χ0v) is 10.1. The average molecular weight is 240 g/mol. The third-order valence-electron chi connectivity index (χ3n) is 2.66. The highest BCUT2D eigenvalue weighted by molar-refractivity contribution is 5.49. The number of nitrogens with zero attached hydrogens (tertiary/aromatic N) is 1. The average Bonchev–Trinajstić information content (AvgIpc) is 2.37. The molecule has 0 amide bonds. The molecule has 1 N–H and O–H groups in total. The van der Waals surface area contributed by atoms with Crippen LogP contribution in [0.1, 0.15) is 16.7 Å². The van der Waals surface area contributed by atoms with Gasteiger partial charge in [0.2, 0.25) is 0 Å². The third-order valence-corrected chi connectivity index (χ3v) is 2.66. The van der Waals surface area contributed by atoms with Gasteiger partial charge in [0.05, 0.1) is 17.3 Å². The smallest absolute Gasteiger partial charge is 0.147 e. The quantitative estimate of drug-likeness (QED) is 0.889. The van der Waals surface area contributed by atoms with Crippen LogP contribution in [-0.2, 0) is 6.54 Å². The van der Waals surface area contributed by atoms with Crippen molar-refractivity contribution < 1.29 is 4.39 Å². The van der Waals surface area contributed by atoms with Crippen LogP contribution in [0.25, 0.3) is 0 Å². The maximum Gasteiger partial charge on any atom is 0.147 e. The summed E-state index contributed by atoms with van der Waals surface area (Å²) in [6.07, 6.45) is 0. The number of hydrogen-bond acceptors (Lipinski definition) is 2. The van der Waals surface area contributed by atoms with E-state index < -0.39 is 5.82 Å². The maximum atomic E-state index is 13.6. The van der Waals surface area contributed by atoms with E-state index in [1.165, 1.54) is 11.6 Å². The fourth-order valence-electron chi connectivity index (χ4n) is 1.75. The summed E-state index contributed by atoms with van der Waals surface area (Å²) in [5.41, 5.74) is 3.01. The van der Waals surface area contributed by atoms with E-state index in [4.69, 9.17) is 5.26 Å². The van der Waals surface area contributed by atoms with Crippen LogP contribution in [0.15, 0.2) is 42.5 Å². The standard InChI is InChI=1S/C15H13FN2/c1-11-3-2-4-13(7-11)10-18-15-6-5-12(9-17)8-14(15)16/h2-8,18H,10H2,1H3. The third kappa shape index (κ3) is 2.86. The Morgan fingerprint density at radius 3 is 2.72 bits per heavy atom. The predicted octanol–water partition coefficient (Wildman–Crippen LogP) is 3.62. The first-order valence-corrected chi connectivity index (χ1v) is 5.68. The summed E-state index contributed by atoms with van der Waals surface area (Å²) in [7, 11) is 0. The summed E-state index contributed by atoms with van der Waals surface area (Å²) in [6.45, 7) is 2.58.